The first-order chi connectivity index (χ1) is 11.2. The Balaban J connectivity index is 1.57. The van der Waals surface area contributed by atoms with Crippen LogP contribution >= 0.6 is 0 Å². The summed E-state index contributed by atoms with van der Waals surface area (Å²) in [5, 5.41) is 0. The molecular weight excluding hydrogens is 290 g/mol. The maximum atomic E-state index is 6.31. The van der Waals surface area contributed by atoms with Gasteiger partial charge < -0.3 is 14.2 Å². The summed E-state index contributed by atoms with van der Waals surface area (Å²) in [6.07, 6.45) is 5.97. The predicted molar refractivity (Wildman–Crippen MR) is 88.7 cm³/mol. The first-order valence-corrected chi connectivity index (χ1v) is 8.67. The Morgan fingerprint density at radius 2 is 1.91 bits per heavy atom. The van der Waals surface area contributed by atoms with Crippen LogP contribution in [0.2, 0.25) is 0 Å². The second kappa shape index (κ2) is 5.60. The molecule has 3 aliphatic rings. The fourth-order valence-corrected chi connectivity index (χ4v) is 4.22. The summed E-state index contributed by atoms with van der Waals surface area (Å²) < 4.78 is 17.9. The number of aliphatic imine (C=N–C) groups is 1. The van der Waals surface area contributed by atoms with Gasteiger partial charge in [-0.05, 0) is 25.3 Å². The maximum Gasteiger partial charge on any atom is 0.220 e. The van der Waals surface area contributed by atoms with Gasteiger partial charge in [0.1, 0.15) is 17.7 Å². The van der Waals surface area contributed by atoms with E-state index in [1.54, 1.807) is 7.11 Å². The van der Waals surface area contributed by atoms with Crippen LogP contribution in [0.25, 0.3) is 0 Å². The van der Waals surface area contributed by atoms with Gasteiger partial charge in [-0.3, -0.25) is 0 Å². The quantitative estimate of drug-likeness (QED) is 0.796. The van der Waals surface area contributed by atoms with E-state index in [1.807, 2.05) is 18.2 Å². The van der Waals surface area contributed by atoms with Crippen LogP contribution in [0.3, 0.4) is 0 Å². The Morgan fingerprint density at radius 1 is 1.17 bits per heavy atom. The molecule has 4 nitrogen and oxygen atoms in total. The fourth-order valence-electron chi connectivity index (χ4n) is 4.22. The van der Waals surface area contributed by atoms with Gasteiger partial charge in [0.2, 0.25) is 5.90 Å². The lowest BCUT2D eigenvalue weighted by atomic mass is 9.80. The second-order valence-corrected chi connectivity index (χ2v) is 7.10. The van der Waals surface area contributed by atoms with Crippen molar-refractivity contribution in [2.45, 2.75) is 62.4 Å². The largest absolute Gasteiger partial charge is 0.468 e. The normalized spacial score (nSPS) is 35.0. The second-order valence-electron chi connectivity index (χ2n) is 7.10. The first-order valence-electron chi connectivity index (χ1n) is 8.67. The van der Waals surface area contributed by atoms with Gasteiger partial charge >= 0.3 is 0 Å². The van der Waals surface area contributed by atoms with Crippen LogP contribution in [0.1, 0.15) is 50.7 Å². The molecule has 124 valence electrons. The van der Waals surface area contributed by atoms with Crippen LogP contribution in [0, 0.1) is 0 Å². The molecule has 0 amide bonds. The molecule has 3 atom stereocenters. The van der Waals surface area contributed by atoms with Gasteiger partial charge in [0, 0.05) is 7.11 Å². The van der Waals surface area contributed by atoms with E-state index in [9.17, 15) is 0 Å². The van der Waals surface area contributed by atoms with Crippen molar-refractivity contribution >= 4 is 5.90 Å². The van der Waals surface area contributed by atoms with Crippen LogP contribution in [-0.2, 0) is 14.2 Å². The number of ether oxygens (including phenoxy) is 3. The number of benzene rings is 1. The van der Waals surface area contributed by atoms with Crippen LogP contribution in [0.5, 0.6) is 0 Å². The molecule has 2 heterocycles. The lowest BCUT2D eigenvalue weighted by molar-refractivity contribution is 0.115. The topological polar surface area (TPSA) is 43.3 Å². The Hall–Kier alpha value is -1.39. The number of epoxide rings is 1. The molecule has 2 aliphatic heterocycles. The van der Waals surface area contributed by atoms with Gasteiger partial charge in [0.25, 0.3) is 0 Å². The highest BCUT2D eigenvalue weighted by Crippen LogP contribution is 2.58. The molecule has 1 unspecified atom stereocenters. The van der Waals surface area contributed by atoms with Crippen molar-refractivity contribution in [2.75, 3.05) is 13.7 Å². The molecule has 1 aromatic rings. The van der Waals surface area contributed by atoms with Gasteiger partial charge in [0.05, 0.1) is 6.61 Å². The molecule has 1 spiro atoms. The average Bonchev–Trinajstić information content (AvgIpc) is 2.96. The van der Waals surface area contributed by atoms with E-state index < -0.39 is 0 Å². The third-order valence-corrected chi connectivity index (χ3v) is 5.63. The molecule has 1 saturated heterocycles. The molecule has 1 aromatic carbocycles. The van der Waals surface area contributed by atoms with E-state index in [0.29, 0.717) is 6.61 Å². The van der Waals surface area contributed by atoms with Crippen molar-refractivity contribution in [2.24, 2.45) is 4.99 Å². The van der Waals surface area contributed by atoms with Gasteiger partial charge in [-0.1, -0.05) is 49.6 Å². The molecule has 0 aromatic heterocycles. The molecule has 1 aliphatic carbocycles. The summed E-state index contributed by atoms with van der Waals surface area (Å²) in [7, 11) is 1.72. The van der Waals surface area contributed by atoms with Crippen molar-refractivity contribution in [1.29, 1.82) is 0 Å². The molecule has 1 saturated carbocycles. The molecule has 0 N–H and O–H groups in total. The zero-order chi connectivity index (χ0) is 15.9. The predicted octanol–water partition coefficient (Wildman–Crippen LogP) is 3.66. The Kier molecular flexibility index (Phi) is 3.69. The van der Waals surface area contributed by atoms with Crippen LogP contribution in [0.4, 0.5) is 0 Å². The van der Waals surface area contributed by atoms with Gasteiger partial charge in [0.15, 0.2) is 5.60 Å². The van der Waals surface area contributed by atoms with E-state index >= 15 is 0 Å². The van der Waals surface area contributed by atoms with Crippen molar-refractivity contribution < 1.29 is 14.2 Å². The molecular formula is C19H25NO3. The van der Waals surface area contributed by atoms with Crippen LogP contribution in [-0.4, -0.2) is 36.9 Å². The molecule has 4 heteroatoms. The SMILES string of the molecule is COC[C@@H]1N=C(C2(C)OC23CCCCC3)O[C@H]1c1ccccc1. The minimum absolute atomic E-state index is 0.000865. The standard InChI is InChI=1S/C19H25NO3/c1-18(19(23-18)11-7-4-8-12-19)17-20-15(13-21-2)16(22-17)14-9-5-3-6-10-14/h3,5-6,9-10,15-16H,4,7-8,11-13H2,1-2H3/t15-,16-,18?/m0/s1. The summed E-state index contributed by atoms with van der Waals surface area (Å²) in [6.45, 7) is 2.71. The Bertz CT molecular complexity index is 594. The summed E-state index contributed by atoms with van der Waals surface area (Å²) in [4.78, 5) is 4.86. The fraction of sp³-hybridized carbons (Fsp3) is 0.632. The zero-order valence-electron chi connectivity index (χ0n) is 14.0. The van der Waals surface area contributed by atoms with Crippen molar-refractivity contribution in [3.05, 3.63) is 35.9 Å². The lowest BCUT2D eigenvalue weighted by Crippen LogP contribution is -2.33. The summed E-state index contributed by atoms with van der Waals surface area (Å²) >= 11 is 0. The highest BCUT2D eigenvalue weighted by atomic mass is 16.7. The maximum absolute atomic E-state index is 6.31. The number of hydrogen-bond donors (Lipinski definition) is 0. The Labute approximate surface area is 137 Å². The van der Waals surface area contributed by atoms with Crippen molar-refractivity contribution in [1.82, 2.24) is 0 Å². The average molecular weight is 315 g/mol. The van der Waals surface area contributed by atoms with E-state index in [-0.39, 0.29) is 23.3 Å². The van der Waals surface area contributed by atoms with Crippen molar-refractivity contribution in [3.8, 4) is 0 Å². The Morgan fingerprint density at radius 3 is 2.61 bits per heavy atom. The van der Waals surface area contributed by atoms with Crippen LogP contribution in [0.15, 0.2) is 35.3 Å². The summed E-state index contributed by atoms with van der Waals surface area (Å²) in [5.74, 6) is 0.773. The van der Waals surface area contributed by atoms with E-state index in [4.69, 9.17) is 19.2 Å². The minimum Gasteiger partial charge on any atom is -0.468 e. The monoisotopic (exact) mass is 315 g/mol. The number of hydrogen-bond acceptors (Lipinski definition) is 4. The van der Waals surface area contributed by atoms with E-state index in [0.717, 1.165) is 24.3 Å². The van der Waals surface area contributed by atoms with Gasteiger partial charge in [-0.15, -0.1) is 0 Å². The number of rotatable bonds is 4. The highest BCUT2D eigenvalue weighted by molar-refractivity contribution is 5.91. The minimum atomic E-state index is -0.344. The van der Waals surface area contributed by atoms with Crippen LogP contribution < -0.4 is 0 Å². The summed E-state index contributed by atoms with van der Waals surface area (Å²) in [6, 6.07) is 10.3. The summed E-state index contributed by atoms with van der Waals surface area (Å²) in [5.41, 5.74) is 0.770. The zero-order valence-corrected chi connectivity index (χ0v) is 14.0. The third kappa shape index (κ3) is 2.39. The lowest BCUT2D eigenvalue weighted by Gasteiger charge is -2.22. The van der Waals surface area contributed by atoms with E-state index in [2.05, 4.69) is 19.1 Å². The highest BCUT2D eigenvalue weighted by Gasteiger charge is 2.71. The first kappa shape index (κ1) is 15.2. The molecule has 2 fully saturated rings. The number of nitrogens with zero attached hydrogens (tertiary/aromatic N) is 1. The third-order valence-electron chi connectivity index (χ3n) is 5.63. The molecule has 0 bridgehead atoms. The van der Waals surface area contributed by atoms with Gasteiger partial charge in [-0.25, -0.2) is 4.99 Å². The van der Waals surface area contributed by atoms with Gasteiger partial charge in [-0.2, -0.15) is 0 Å². The smallest absolute Gasteiger partial charge is 0.220 e. The molecule has 4 rings (SSSR count). The molecule has 0 radical (unpaired) electrons. The van der Waals surface area contributed by atoms with E-state index in [1.165, 1.54) is 19.3 Å². The number of methoxy groups -OCH3 is 1. The van der Waals surface area contributed by atoms with Crippen molar-refractivity contribution in [3.63, 3.8) is 0 Å². The molecule has 23 heavy (non-hydrogen) atoms.